The molecule has 0 spiro atoms. The van der Waals surface area contributed by atoms with E-state index in [0.717, 1.165) is 23.5 Å². The predicted octanol–water partition coefficient (Wildman–Crippen LogP) is 5.56. The van der Waals surface area contributed by atoms with Crippen LogP contribution in [-0.4, -0.2) is 17.5 Å². The largest absolute Gasteiger partial charge is 0.344 e. The number of rotatable bonds is 5. The Hall–Kier alpha value is -2.05. The monoisotopic (exact) mass is 441 g/mol. The molecule has 4 nitrogen and oxygen atoms in total. The van der Waals surface area contributed by atoms with Crippen molar-refractivity contribution < 1.29 is 23.0 Å². The van der Waals surface area contributed by atoms with Crippen molar-refractivity contribution in [2.75, 3.05) is 6.66 Å². The molecule has 146 valence electrons. The fraction of sp³-hybridized carbons (Fsp3) is 0.105. The Labute approximate surface area is 168 Å². The summed E-state index contributed by atoms with van der Waals surface area (Å²) in [5, 5.41) is 5.20. The Bertz CT molecular complexity index is 1130. The van der Waals surface area contributed by atoms with Crippen molar-refractivity contribution in [2.24, 2.45) is 0 Å². The van der Waals surface area contributed by atoms with Crippen LogP contribution in [0.15, 0.2) is 48.0 Å². The third-order valence-corrected chi connectivity index (χ3v) is 6.72. The summed E-state index contributed by atoms with van der Waals surface area (Å²) in [7, 11) is -3.86. The maximum absolute atomic E-state index is 13.2. The zero-order valence-electron chi connectivity index (χ0n) is 14.5. The lowest BCUT2D eigenvalue weighted by Crippen LogP contribution is -2.25. The van der Waals surface area contributed by atoms with Crippen molar-refractivity contribution in [3.63, 3.8) is 0 Å². The highest BCUT2D eigenvalue weighted by Crippen LogP contribution is 2.54. The zero-order valence-corrected chi connectivity index (χ0v) is 17.0. The van der Waals surface area contributed by atoms with Gasteiger partial charge in [0.15, 0.2) is 11.6 Å². The molecule has 0 radical (unpaired) electrons. The first-order chi connectivity index (χ1) is 13.2. The predicted molar refractivity (Wildman–Crippen MR) is 109 cm³/mol. The van der Waals surface area contributed by atoms with Crippen LogP contribution in [0.3, 0.4) is 0 Å². The molecule has 1 amide bonds. The number of hydrogen-bond acceptors (Lipinski definition) is 3. The summed E-state index contributed by atoms with van der Waals surface area (Å²) < 4.78 is 39.5. The van der Waals surface area contributed by atoms with Gasteiger partial charge in [-0.25, -0.2) is 8.78 Å². The van der Waals surface area contributed by atoms with Crippen molar-refractivity contribution >= 4 is 52.4 Å². The number of carbonyl (C=O) groups excluding carboxylic acids is 1. The van der Waals surface area contributed by atoms with Crippen molar-refractivity contribution in [2.45, 2.75) is 5.66 Å². The lowest BCUT2D eigenvalue weighted by Gasteiger charge is -2.18. The molecule has 2 atom stereocenters. The number of nitrogens with one attached hydrogen (secondary N) is 1. The Morgan fingerprint density at radius 3 is 2.68 bits per heavy atom. The van der Waals surface area contributed by atoms with E-state index in [0.29, 0.717) is 21.5 Å². The van der Waals surface area contributed by atoms with E-state index in [1.807, 2.05) is 0 Å². The number of carbonyl (C=O) groups is 1. The minimum Gasteiger partial charge on any atom is -0.344 e. The van der Waals surface area contributed by atoms with Gasteiger partial charge in [-0.15, -0.1) is 11.3 Å². The molecule has 1 aromatic heterocycles. The van der Waals surface area contributed by atoms with Gasteiger partial charge in [0, 0.05) is 22.6 Å². The van der Waals surface area contributed by atoms with E-state index in [2.05, 4.69) is 5.32 Å². The number of halogens is 3. The van der Waals surface area contributed by atoms with E-state index in [1.54, 1.807) is 23.6 Å². The minimum absolute atomic E-state index is 0.326. The van der Waals surface area contributed by atoms with Crippen LogP contribution < -0.4 is 5.32 Å². The molecule has 0 aliphatic rings. The first-order valence-electron chi connectivity index (χ1n) is 8.05. The molecule has 0 aliphatic heterocycles. The lowest BCUT2D eigenvalue weighted by molar-refractivity contribution is -0.120. The summed E-state index contributed by atoms with van der Waals surface area (Å²) in [6.45, 7) is 1.12. The van der Waals surface area contributed by atoms with E-state index >= 15 is 0 Å². The maximum atomic E-state index is 13.2. The molecule has 0 saturated heterocycles. The van der Waals surface area contributed by atoms with Gasteiger partial charge in [-0.05, 0) is 58.3 Å². The summed E-state index contributed by atoms with van der Waals surface area (Å²) in [5.74, 6) is -2.68. The lowest BCUT2D eigenvalue weighted by atomic mass is 10.1. The molecule has 9 heteroatoms. The third-order valence-electron chi connectivity index (χ3n) is 4.03. The van der Waals surface area contributed by atoms with Gasteiger partial charge in [0.2, 0.25) is 13.3 Å². The van der Waals surface area contributed by atoms with Crippen molar-refractivity contribution in [1.82, 2.24) is 5.32 Å². The molecule has 2 aromatic carbocycles. The van der Waals surface area contributed by atoms with Crippen LogP contribution in [0.2, 0.25) is 5.02 Å². The second-order valence-electron chi connectivity index (χ2n) is 6.19. The molecule has 1 heterocycles. The number of thiophene rings is 1. The number of benzene rings is 2. The summed E-state index contributed by atoms with van der Waals surface area (Å²) in [6.07, 6.45) is 2.58. The molecular weight excluding hydrogens is 427 g/mol. The van der Waals surface area contributed by atoms with Gasteiger partial charge in [0.1, 0.15) is 5.66 Å². The molecule has 2 N–H and O–H groups in total. The van der Waals surface area contributed by atoms with Gasteiger partial charge in [-0.1, -0.05) is 17.7 Å². The second-order valence-corrected chi connectivity index (χ2v) is 9.94. The summed E-state index contributed by atoms with van der Waals surface area (Å²) >= 11 is 7.37. The number of hydrogen-bond donors (Lipinski definition) is 2. The Balaban J connectivity index is 1.88. The van der Waals surface area contributed by atoms with Gasteiger partial charge < -0.3 is 10.2 Å². The zero-order chi connectivity index (χ0) is 20.5. The highest BCUT2D eigenvalue weighted by Gasteiger charge is 2.36. The summed E-state index contributed by atoms with van der Waals surface area (Å²) in [6, 6.07) is 8.41. The average molecular weight is 442 g/mol. The van der Waals surface area contributed by atoms with Crippen molar-refractivity contribution in [3.8, 4) is 0 Å². The van der Waals surface area contributed by atoms with Crippen LogP contribution in [0.4, 0.5) is 8.78 Å². The molecule has 0 aliphatic carbocycles. The van der Waals surface area contributed by atoms with E-state index in [9.17, 15) is 23.0 Å². The van der Waals surface area contributed by atoms with Crippen LogP contribution in [0.5, 0.6) is 0 Å². The smallest absolute Gasteiger partial charge is 0.241 e. The topological polar surface area (TPSA) is 66.4 Å². The molecule has 0 saturated carbocycles. The average Bonchev–Trinajstić information content (AvgIpc) is 3.00. The van der Waals surface area contributed by atoms with E-state index in [-0.39, 0.29) is 0 Å². The Morgan fingerprint density at radius 1 is 1.25 bits per heavy atom. The van der Waals surface area contributed by atoms with E-state index in [1.165, 1.54) is 29.7 Å². The standard InChI is InChI=1S/C19H15ClF2NO3PS/c1-27(25,26)18(14-10-28-17-5-3-12(20)9-13(14)17)19(24)23-7-6-11-2-4-15(21)16(22)8-11/h2-10,18H,1H3,(H,23,24)(H,25,26)/b7-6+/t18-/m0/s1. The van der Waals surface area contributed by atoms with Crippen LogP contribution in [-0.2, 0) is 9.36 Å². The van der Waals surface area contributed by atoms with Crippen LogP contribution in [0.25, 0.3) is 16.2 Å². The summed E-state index contributed by atoms with van der Waals surface area (Å²) in [4.78, 5) is 22.9. The van der Waals surface area contributed by atoms with Crippen LogP contribution in [0, 0.1) is 11.6 Å². The fourth-order valence-corrected chi connectivity index (χ4v) is 5.24. The maximum Gasteiger partial charge on any atom is 0.241 e. The third kappa shape index (κ3) is 4.50. The molecule has 28 heavy (non-hydrogen) atoms. The molecular formula is C19H15ClF2NO3PS. The molecule has 3 aromatic rings. The van der Waals surface area contributed by atoms with Crippen molar-refractivity contribution in [1.29, 1.82) is 0 Å². The van der Waals surface area contributed by atoms with Gasteiger partial charge in [-0.2, -0.15) is 0 Å². The highest BCUT2D eigenvalue weighted by molar-refractivity contribution is 7.58. The van der Waals surface area contributed by atoms with E-state index < -0.39 is 30.6 Å². The van der Waals surface area contributed by atoms with Crippen LogP contribution in [0.1, 0.15) is 16.8 Å². The van der Waals surface area contributed by atoms with Gasteiger partial charge in [0.05, 0.1) is 0 Å². The fourth-order valence-electron chi connectivity index (χ4n) is 2.76. The first kappa shape index (κ1) is 20.7. The SMILES string of the molecule is CP(=O)(O)[C@H](C(=O)N/C=C/c1ccc(F)c(F)c1)c1csc2ccc(Cl)cc12. The Kier molecular flexibility index (Phi) is 6.01. The minimum atomic E-state index is -3.86. The van der Waals surface area contributed by atoms with Crippen LogP contribution >= 0.6 is 30.3 Å². The molecule has 1 unspecified atom stereocenters. The van der Waals surface area contributed by atoms with Gasteiger partial charge >= 0.3 is 0 Å². The molecule has 3 rings (SSSR count). The number of amides is 1. The van der Waals surface area contributed by atoms with E-state index in [4.69, 9.17) is 11.6 Å². The Morgan fingerprint density at radius 2 is 2.00 bits per heavy atom. The summed E-state index contributed by atoms with van der Waals surface area (Å²) in [5.41, 5.74) is -0.559. The van der Waals surface area contributed by atoms with Gasteiger partial charge in [0.25, 0.3) is 0 Å². The highest BCUT2D eigenvalue weighted by atomic mass is 35.5. The van der Waals surface area contributed by atoms with Gasteiger partial charge in [-0.3, -0.25) is 9.36 Å². The normalized spacial score (nSPS) is 14.9. The second kappa shape index (κ2) is 8.13. The number of fused-ring (bicyclic) bond motifs is 1. The quantitative estimate of drug-likeness (QED) is 0.509. The van der Waals surface area contributed by atoms with Crippen molar-refractivity contribution in [3.05, 3.63) is 75.8 Å². The molecule has 0 fully saturated rings. The first-order valence-corrected chi connectivity index (χ1v) is 11.5. The molecule has 0 bridgehead atoms.